The summed E-state index contributed by atoms with van der Waals surface area (Å²) in [6.45, 7) is 2.71. The Morgan fingerprint density at radius 1 is 1.19 bits per heavy atom. The highest BCUT2D eigenvalue weighted by atomic mass is 32.2. The second-order valence-corrected chi connectivity index (χ2v) is 7.04. The number of anilines is 2. The summed E-state index contributed by atoms with van der Waals surface area (Å²) in [7, 11) is 0. The van der Waals surface area contributed by atoms with Gasteiger partial charge in [-0.3, -0.25) is 9.59 Å². The number of carbonyl (C=O) groups excluding carboxylic acids is 2. The number of thioether (sulfide) groups is 1. The Balaban J connectivity index is 1.75. The van der Waals surface area contributed by atoms with Gasteiger partial charge in [0.2, 0.25) is 11.8 Å². The highest BCUT2D eigenvalue weighted by Gasteiger charge is 2.37. The van der Waals surface area contributed by atoms with Gasteiger partial charge in [0.25, 0.3) is 0 Å². The SMILES string of the molecule is CCN(C(=O)C1CC(=O)N(c2ccc(SC)cc2)C1)c1ccc(F)cc1. The summed E-state index contributed by atoms with van der Waals surface area (Å²) in [5.74, 6) is -0.882. The Morgan fingerprint density at radius 3 is 2.42 bits per heavy atom. The molecule has 0 N–H and O–H groups in total. The first-order chi connectivity index (χ1) is 12.5. The summed E-state index contributed by atoms with van der Waals surface area (Å²) < 4.78 is 13.1. The highest BCUT2D eigenvalue weighted by molar-refractivity contribution is 7.98. The van der Waals surface area contributed by atoms with E-state index in [2.05, 4.69) is 0 Å². The monoisotopic (exact) mass is 372 g/mol. The van der Waals surface area contributed by atoms with Crippen molar-refractivity contribution < 1.29 is 14.0 Å². The lowest BCUT2D eigenvalue weighted by molar-refractivity contribution is -0.124. The molecule has 0 saturated carbocycles. The molecule has 4 nitrogen and oxygen atoms in total. The van der Waals surface area contributed by atoms with Crippen LogP contribution in [0.15, 0.2) is 53.4 Å². The van der Waals surface area contributed by atoms with Crippen LogP contribution < -0.4 is 9.80 Å². The van der Waals surface area contributed by atoms with Crippen molar-refractivity contribution in [3.63, 3.8) is 0 Å². The van der Waals surface area contributed by atoms with Crippen LogP contribution in [0.1, 0.15) is 13.3 Å². The smallest absolute Gasteiger partial charge is 0.232 e. The molecule has 0 aliphatic carbocycles. The zero-order chi connectivity index (χ0) is 18.7. The Hall–Kier alpha value is -2.34. The molecule has 0 spiro atoms. The molecule has 26 heavy (non-hydrogen) atoms. The molecule has 2 amide bonds. The van der Waals surface area contributed by atoms with E-state index in [-0.39, 0.29) is 24.1 Å². The second kappa shape index (κ2) is 7.91. The molecule has 3 rings (SSSR count). The van der Waals surface area contributed by atoms with Gasteiger partial charge in [-0.15, -0.1) is 11.8 Å². The maximum absolute atomic E-state index is 13.1. The first kappa shape index (κ1) is 18.5. The number of nitrogens with zero attached hydrogens (tertiary/aromatic N) is 2. The van der Waals surface area contributed by atoms with Crippen molar-refractivity contribution in [2.75, 3.05) is 29.1 Å². The molecule has 1 fully saturated rings. The molecule has 0 bridgehead atoms. The van der Waals surface area contributed by atoms with E-state index < -0.39 is 5.92 Å². The largest absolute Gasteiger partial charge is 0.312 e. The van der Waals surface area contributed by atoms with Crippen molar-refractivity contribution in [1.29, 1.82) is 0 Å². The van der Waals surface area contributed by atoms with Gasteiger partial charge in [0.05, 0.1) is 5.92 Å². The van der Waals surface area contributed by atoms with E-state index in [1.54, 1.807) is 33.7 Å². The zero-order valence-electron chi connectivity index (χ0n) is 14.8. The standard InChI is InChI=1S/C20H21FN2O2S/c1-3-22(16-6-4-15(21)5-7-16)20(25)14-12-19(24)23(13-14)17-8-10-18(26-2)11-9-17/h4-11,14H,3,12-13H2,1-2H3. The van der Waals surface area contributed by atoms with Crippen molar-refractivity contribution in [3.05, 3.63) is 54.3 Å². The van der Waals surface area contributed by atoms with Crippen molar-refractivity contribution in [3.8, 4) is 0 Å². The number of hydrogen-bond donors (Lipinski definition) is 0. The summed E-state index contributed by atoms with van der Waals surface area (Å²) in [5, 5.41) is 0. The van der Waals surface area contributed by atoms with E-state index in [1.807, 2.05) is 37.4 Å². The van der Waals surface area contributed by atoms with Crippen molar-refractivity contribution in [2.45, 2.75) is 18.2 Å². The molecule has 1 heterocycles. The number of amides is 2. The van der Waals surface area contributed by atoms with E-state index in [4.69, 9.17) is 0 Å². The Kier molecular flexibility index (Phi) is 5.61. The summed E-state index contributed by atoms with van der Waals surface area (Å²) in [4.78, 5) is 29.8. The van der Waals surface area contributed by atoms with Crippen molar-refractivity contribution in [1.82, 2.24) is 0 Å². The molecule has 1 aliphatic rings. The van der Waals surface area contributed by atoms with Gasteiger partial charge in [0.1, 0.15) is 5.82 Å². The fourth-order valence-electron chi connectivity index (χ4n) is 3.19. The third kappa shape index (κ3) is 3.75. The maximum Gasteiger partial charge on any atom is 0.232 e. The van der Waals surface area contributed by atoms with Gasteiger partial charge in [0.15, 0.2) is 0 Å². The summed E-state index contributed by atoms with van der Waals surface area (Å²) >= 11 is 1.64. The third-order valence-corrected chi connectivity index (χ3v) is 5.32. The fourth-order valence-corrected chi connectivity index (χ4v) is 3.60. The molecule has 2 aromatic carbocycles. The number of rotatable bonds is 5. The van der Waals surface area contributed by atoms with Crippen LogP contribution in [0.3, 0.4) is 0 Å². The number of halogens is 1. The van der Waals surface area contributed by atoms with Gasteiger partial charge in [-0.2, -0.15) is 0 Å². The predicted molar refractivity (Wildman–Crippen MR) is 103 cm³/mol. The van der Waals surface area contributed by atoms with Gasteiger partial charge in [-0.1, -0.05) is 0 Å². The second-order valence-electron chi connectivity index (χ2n) is 6.16. The van der Waals surface area contributed by atoms with Crippen LogP contribution in [0.25, 0.3) is 0 Å². The van der Waals surface area contributed by atoms with Crippen molar-refractivity contribution in [2.24, 2.45) is 5.92 Å². The van der Waals surface area contributed by atoms with Gasteiger partial charge in [-0.05, 0) is 61.7 Å². The van der Waals surface area contributed by atoms with Crippen LogP contribution in [0.5, 0.6) is 0 Å². The van der Waals surface area contributed by atoms with Crippen LogP contribution in [0.4, 0.5) is 15.8 Å². The number of benzene rings is 2. The Labute approximate surface area is 157 Å². The topological polar surface area (TPSA) is 40.6 Å². The normalized spacial score (nSPS) is 16.8. The fraction of sp³-hybridized carbons (Fsp3) is 0.300. The average molecular weight is 372 g/mol. The summed E-state index contributed by atoms with van der Waals surface area (Å²) in [6.07, 6.45) is 2.19. The Bertz CT molecular complexity index is 792. The molecule has 2 aromatic rings. The van der Waals surface area contributed by atoms with E-state index in [0.29, 0.717) is 18.8 Å². The maximum atomic E-state index is 13.1. The first-order valence-corrected chi connectivity index (χ1v) is 9.77. The molecule has 136 valence electrons. The molecule has 0 radical (unpaired) electrons. The minimum Gasteiger partial charge on any atom is -0.312 e. The van der Waals surface area contributed by atoms with Crippen LogP contribution in [-0.4, -0.2) is 31.2 Å². The Morgan fingerprint density at radius 2 is 1.85 bits per heavy atom. The summed E-state index contributed by atoms with van der Waals surface area (Å²) in [6, 6.07) is 13.6. The van der Waals surface area contributed by atoms with E-state index in [1.165, 1.54) is 12.1 Å². The first-order valence-electron chi connectivity index (χ1n) is 8.55. The molecule has 1 atom stereocenters. The third-order valence-electron chi connectivity index (χ3n) is 4.58. The lowest BCUT2D eigenvalue weighted by Crippen LogP contribution is -2.37. The van der Waals surface area contributed by atoms with E-state index >= 15 is 0 Å². The van der Waals surface area contributed by atoms with Crippen LogP contribution in [-0.2, 0) is 9.59 Å². The lowest BCUT2D eigenvalue weighted by atomic mass is 10.1. The molecular formula is C20H21FN2O2S. The van der Waals surface area contributed by atoms with Crippen LogP contribution >= 0.6 is 11.8 Å². The van der Waals surface area contributed by atoms with Gasteiger partial charge < -0.3 is 9.80 Å². The number of hydrogen-bond acceptors (Lipinski definition) is 3. The molecule has 1 saturated heterocycles. The van der Waals surface area contributed by atoms with Crippen LogP contribution in [0.2, 0.25) is 0 Å². The minimum absolute atomic E-state index is 0.0459. The zero-order valence-corrected chi connectivity index (χ0v) is 15.6. The predicted octanol–water partition coefficient (Wildman–Crippen LogP) is 3.95. The lowest BCUT2D eigenvalue weighted by Gasteiger charge is -2.24. The minimum atomic E-state index is -0.396. The molecule has 6 heteroatoms. The summed E-state index contributed by atoms with van der Waals surface area (Å²) in [5.41, 5.74) is 1.46. The van der Waals surface area contributed by atoms with Crippen molar-refractivity contribution >= 4 is 35.0 Å². The van der Waals surface area contributed by atoms with Crippen LogP contribution in [0, 0.1) is 11.7 Å². The highest BCUT2D eigenvalue weighted by Crippen LogP contribution is 2.29. The molecule has 0 aromatic heterocycles. The number of carbonyl (C=O) groups is 2. The quantitative estimate of drug-likeness (QED) is 0.746. The molecule has 1 unspecified atom stereocenters. The van der Waals surface area contributed by atoms with E-state index in [0.717, 1.165) is 10.6 Å². The van der Waals surface area contributed by atoms with E-state index in [9.17, 15) is 14.0 Å². The van der Waals surface area contributed by atoms with Gasteiger partial charge in [0, 0.05) is 35.8 Å². The molecular weight excluding hydrogens is 351 g/mol. The van der Waals surface area contributed by atoms with Gasteiger partial charge >= 0.3 is 0 Å². The molecule has 1 aliphatic heterocycles. The average Bonchev–Trinajstić information content (AvgIpc) is 3.05. The van der Waals surface area contributed by atoms with Gasteiger partial charge in [-0.25, -0.2) is 4.39 Å².